The Bertz CT molecular complexity index is 1300. The standard InChI is InChI=1S/C26H23FN4O/c1-17-12-20-8-11-30(25-18(2)13-22(27)16-28-25)26(32)24(20)15-21(17)14-19-4-6-23(7-5-19)31-10-3-9-29-31/h3-7,9-10,12-13,15-16H,8,11,14H2,1-2H3. The van der Waals surface area contributed by atoms with Gasteiger partial charge in [0.05, 0.1) is 11.9 Å². The van der Waals surface area contributed by atoms with Crippen LogP contribution < -0.4 is 4.90 Å². The molecule has 1 aliphatic heterocycles. The van der Waals surface area contributed by atoms with Crippen LogP contribution >= 0.6 is 0 Å². The van der Waals surface area contributed by atoms with E-state index < -0.39 is 5.82 Å². The highest BCUT2D eigenvalue weighted by Crippen LogP contribution is 2.29. The molecule has 4 aromatic rings. The zero-order chi connectivity index (χ0) is 22.2. The van der Waals surface area contributed by atoms with Crippen molar-refractivity contribution in [2.24, 2.45) is 0 Å². The minimum absolute atomic E-state index is 0.0799. The molecule has 1 aliphatic rings. The second-order valence-electron chi connectivity index (χ2n) is 8.23. The topological polar surface area (TPSA) is 51.0 Å². The first-order chi connectivity index (χ1) is 15.5. The van der Waals surface area contributed by atoms with Crippen LogP contribution in [0, 0.1) is 19.7 Å². The smallest absolute Gasteiger partial charge is 0.259 e. The average Bonchev–Trinajstić information content (AvgIpc) is 3.31. The molecule has 1 amide bonds. The molecular weight excluding hydrogens is 403 g/mol. The molecule has 0 radical (unpaired) electrons. The number of aromatic nitrogens is 3. The highest BCUT2D eigenvalue weighted by atomic mass is 19.1. The van der Waals surface area contributed by atoms with E-state index in [1.807, 2.05) is 35.1 Å². The Balaban J connectivity index is 1.43. The molecule has 160 valence electrons. The van der Waals surface area contributed by atoms with E-state index in [0.717, 1.165) is 29.7 Å². The van der Waals surface area contributed by atoms with Gasteiger partial charge < -0.3 is 0 Å². The highest BCUT2D eigenvalue weighted by Gasteiger charge is 2.28. The van der Waals surface area contributed by atoms with Crippen molar-refractivity contribution < 1.29 is 9.18 Å². The maximum atomic E-state index is 13.5. The number of hydrogen-bond acceptors (Lipinski definition) is 3. The summed E-state index contributed by atoms with van der Waals surface area (Å²) < 4.78 is 15.3. The number of carbonyl (C=O) groups excluding carboxylic acids is 1. The predicted octanol–water partition coefficient (Wildman–Crippen LogP) is 4.82. The summed E-state index contributed by atoms with van der Waals surface area (Å²) in [5.41, 5.74) is 6.89. The maximum absolute atomic E-state index is 13.5. The van der Waals surface area contributed by atoms with Gasteiger partial charge in [-0.25, -0.2) is 14.1 Å². The van der Waals surface area contributed by atoms with Crippen molar-refractivity contribution in [3.05, 3.63) is 106 Å². The van der Waals surface area contributed by atoms with Crippen molar-refractivity contribution in [2.45, 2.75) is 26.7 Å². The molecule has 0 aliphatic carbocycles. The first-order valence-corrected chi connectivity index (χ1v) is 10.6. The molecule has 0 fully saturated rings. The Morgan fingerprint density at radius 2 is 1.88 bits per heavy atom. The van der Waals surface area contributed by atoms with E-state index in [9.17, 15) is 9.18 Å². The van der Waals surface area contributed by atoms with Gasteiger partial charge in [0.15, 0.2) is 0 Å². The number of nitrogens with zero attached hydrogens (tertiary/aromatic N) is 4. The summed E-state index contributed by atoms with van der Waals surface area (Å²) in [6, 6.07) is 15.7. The van der Waals surface area contributed by atoms with Gasteiger partial charge in [-0.3, -0.25) is 9.69 Å². The Hall–Kier alpha value is -3.80. The number of pyridine rings is 1. The Morgan fingerprint density at radius 1 is 1.06 bits per heavy atom. The first kappa shape index (κ1) is 20.1. The number of halogens is 1. The molecule has 0 saturated carbocycles. The zero-order valence-corrected chi connectivity index (χ0v) is 18.0. The lowest BCUT2D eigenvalue weighted by Crippen LogP contribution is -2.38. The fraction of sp³-hybridized carbons (Fsp3) is 0.192. The zero-order valence-electron chi connectivity index (χ0n) is 18.0. The number of benzene rings is 2. The lowest BCUT2D eigenvalue weighted by atomic mass is 9.91. The van der Waals surface area contributed by atoms with Crippen LogP contribution in [0.15, 0.2) is 67.1 Å². The van der Waals surface area contributed by atoms with Crippen LogP contribution in [0.1, 0.15) is 38.2 Å². The van der Waals surface area contributed by atoms with E-state index in [1.165, 1.54) is 23.4 Å². The van der Waals surface area contributed by atoms with Crippen LogP contribution in [0.4, 0.5) is 10.2 Å². The van der Waals surface area contributed by atoms with Crippen LogP contribution in [0.2, 0.25) is 0 Å². The number of hydrogen-bond donors (Lipinski definition) is 0. The summed E-state index contributed by atoms with van der Waals surface area (Å²) in [5.74, 6) is 0.0507. The van der Waals surface area contributed by atoms with E-state index in [1.54, 1.807) is 18.0 Å². The number of anilines is 1. The lowest BCUT2D eigenvalue weighted by Gasteiger charge is -2.29. The van der Waals surface area contributed by atoms with E-state index in [2.05, 4.69) is 35.2 Å². The number of amides is 1. The molecule has 0 saturated heterocycles. The number of aryl methyl sites for hydroxylation is 2. The van der Waals surface area contributed by atoms with Gasteiger partial charge in [0, 0.05) is 24.5 Å². The van der Waals surface area contributed by atoms with Crippen LogP contribution in [0.5, 0.6) is 0 Å². The van der Waals surface area contributed by atoms with Crippen molar-refractivity contribution in [3.8, 4) is 5.69 Å². The quantitative estimate of drug-likeness (QED) is 0.470. The summed E-state index contributed by atoms with van der Waals surface area (Å²) in [4.78, 5) is 19.2. The van der Waals surface area contributed by atoms with Gasteiger partial charge in [0.25, 0.3) is 5.91 Å². The second-order valence-corrected chi connectivity index (χ2v) is 8.23. The third-order valence-electron chi connectivity index (χ3n) is 6.01. The largest absolute Gasteiger partial charge is 0.292 e. The molecule has 0 unspecified atom stereocenters. The Labute approximate surface area is 186 Å². The third-order valence-corrected chi connectivity index (χ3v) is 6.01. The van der Waals surface area contributed by atoms with E-state index in [-0.39, 0.29) is 5.91 Å². The lowest BCUT2D eigenvalue weighted by molar-refractivity contribution is 0.0979. The monoisotopic (exact) mass is 426 g/mol. The van der Waals surface area contributed by atoms with Gasteiger partial charge >= 0.3 is 0 Å². The molecule has 3 heterocycles. The predicted molar refractivity (Wildman–Crippen MR) is 122 cm³/mol. The minimum atomic E-state index is -0.396. The van der Waals surface area contributed by atoms with Crippen LogP contribution in [-0.2, 0) is 12.8 Å². The fourth-order valence-corrected chi connectivity index (χ4v) is 4.31. The van der Waals surface area contributed by atoms with Crippen molar-refractivity contribution in [1.82, 2.24) is 14.8 Å². The molecule has 0 atom stereocenters. The minimum Gasteiger partial charge on any atom is -0.292 e. The molecule has 0 bridgehead atoms. The first-order valence-electron chi connectivity index (χ1n) is 10.6. The van der Waals surface area contributed by atoms with Crippen molar-refractivity contribution >= 4 is 11.7 Å². The van der Waals surface area contributed by atoms with Gasteiger partial charge in [-0.2, -0.15) is 5.10 Å². The van der Waals surface area contributed by atoms with E-state index in [4.69, 9.17) is 0 Å². The van der Waals surface area contributed by atoms with Crippen LogP contribution in [0.3, 0.4) is 0 Å². The summed E-state index contributed by atoms with van der Waals surface area (Å²) in [5, 5.41) is 4.26. The van der Waals surface area contributed by atoms with Gasteiger partial charge in [-0.15, -0.1) is 0 Å². The molecule has 0 spiro atoms. The normalized spacial score (nSPS) is 13.3. The van der Waals surface area contributed by atoms with E-state index in [0.29, 0.717) is 23.5 Å². The molecule has 2 aromatic heterocycles. The van der Waals surface area contributed by atoms with Gasteiger partial charge in [-0.05, 0) is 84.8 Å². The van der Waals surface area contributed by atoms with Gasteiger partial charge in [0.2, 0.25) is 0 Å². The Morgan fingerprint density at radius 3 is 2.59 bits per heavy atom. The highest BCUT2D eigenvalue weighted by molar-refractivity contribution is 6.08. The van der Waals surface area contributed by atoms with Crippen molar-refractivity contribution in [1.29, 1.82) is 0 Å². The van der Waals surface area contributed by atoms with Crippen LogP contribution in [-0.4, -0.2) is 27.2 Å². The molecule has 5 nitrogen and oxygen atoms in total. The number of fused-ring (bicyclic) bond motifs is 1. The number of carbonyl (C=O) groups is 1. The maximum Gasteiger partial charge on any atom is 0.259 e. The van der Waals surface area contributed by atoms with E-state index >= 15 is 0 Å². The Kier molecular flexibility index (Phi) is 5.05. The third kappa shape index (κ3) is 3.68. The number of rotatable bonds is 4. The summed E-state index contributed by atoms with van der Waals surface area (Å²) in [6.45, 7) is 4.41. The fourth-order valence-electron chi connectivity index (χ4n) is 4.31. The van der Waals surface area contributed by atoms with Gasteiger partial charge in [0.1, 0.15) is 11.6 Å². The molecule has 0 N–H and O–H groups in total. The van der Waals surface area contributed by atoms with Crippen LogP contribution in [0.25, 0.3) is 5.69 Å². The van der Waals surface area contributed by atoms with Crippen molar-refractivity contribution in [2.75, 3.05) is 11.4 Å². The summed E-state index contributed by atoms with van der Waals surface area (Å²) >= 11 is 0. The van der Waals surface area contributed by atoms with Crippen molar-refractivity contribution in [3.63, 3.8) is 0 Å². The molecule has 32 heavy (non-hydrogen) atoms. The molecule has 5 rings (SSSR count). The van der Waals surface area contributed by atoms with Gasteiger partial charge in [-0.1, -0.05) is 18.2 Å². The molecule has 2 aromatic carbocycles. The molecular formula is C26H23FN4O. The summed E-state index contributed by atoms with van der Waals surface area (Å²) in [6.07, 6.45) is 6.32. The summed E-state index contributed by atoms with van der Waals surface area (Å²) in [7, 11) is 0. The second kappa shape index (κ2) is 8.04. The SMILES string of the molecule is Cc1cc2c(cc1Cc1ccc(-n3cccn3)cc1)C(=O)N(c1ncc(F)cc1C)CC2. The average molecular weight is 426 g/mol. The molecule has 6 heteroatoms.